The Kier molecular flexibility index (Phi) is 5.00. The van der Waals surface area contributed by atoms with Crippen LogP contribution in [0.3, 0.4) is 0 Å². The lowest BCUT2D eigenvalue weighted by molar-refractivity contribution is 0.0990. The molecule has 0 saturated heterocycles. The van der Waals surface area contributed by atoms with E-state index in [1.54, 1.807) is 6.07 Å². The van der Waals surface area contributed by atoms with Gasteiger partial charge in [-0.3, -0.25) is 4.79 Å². The molecule has 0 aromatic heterocycles. The van der Waals surface area contributed by atoms with E-state index in [4.69, 9.17) is 0 Å². The third-order valence-corrected chi connectivity index (χ3v) is 5.57. The lowest BCUT2D eigenvalue weighted by atomic mass is 9.96. The van der Waals surface area contributed by atoms with Crippen molar-refractivity contribution < 1.29 is 9.90 Å². The standard InChI is InChI=1S/C27H21N3O2/c1-17-13-20-14-18(11-12-24(20)28-17)15-25(31)23-16-19-7-5-6-10-22(19)26(27(23)32)30-29-21-8-3-2-4-9-21/h2-12,14,16,28,32H,1,13,15H2. The van der Waals surface area contributed by atoms with Gasteiger partial charge in [-0.15, -0.1) is 5.11 Å². The number of fused-ring (bicyclic) bond motifs is 2. The van der Waals surface area contributed by atoms with Gasteiger partial charge in [0.1, 0.15) is 5.69 Å². The van der Waals surface area contributed by atoms with Crippen LogP contribution >= 0.6 is 0 Å². The van der Waals surface area contributed by atoms with E-state index in [0.29, 0.717) is 11.4 Å². The van der Waals surface area contributed by atoms with Crippen LogP contribution in [0.25, 0.3) is 10.8 Å². The van der Waals surface area contributed by atoms with Gasteiger partial charge < -0.3 is 10.4 Å². The number of nitrogens with zero attached hydrogens (tertiary/aromatic N) is 2. The molecule has 0 unspecified atom stereocenters. The Hall–Kier alpha value is -4.25. The van der Waals surface area contributed by atoms with Crippen molar-refractivity contribution in [2.45, 2.75) is 12.8 Å². The minimum absolute atomic E-state index is 0.149. The lowest BCUT2D eigenvalue weighted by Crippen LogP contribution is -2.04. The summed E-state index contributed by atoms with van der Waals surface area (Å²) in [4.78, 5) is 13.2. The molecule has 2 N–H and O–H groups in total. The first-order chi connectivity index (χ1) is 15.6. The molecule has 1 heterocycles. The Bertz CT molecular complexity index is 1390. The van der Waals surface area contributed by atoms with E-state index in [-0.39, 0.29) is 23.5 Å². The first-order valence-corrected chi connectivity index (χ1v) is 10.4. The summed E-state index contributed by atoms with van der Waals surface area (Å²) in [7, 11) is 0. The van der Waals surface area contributed by atoms with Crippen molar-refractivity contribution in [1.82, 2.24) is 0 Å². The Balaban J connectivity index is 1.52. The van der Waals surface area contributed by atoms with Gasteiger partial charge in [0.05, 0.1) is 11.3 Å². The van der Waals surface area contributed by atoms with Gasteiger partial charge in [-0.05, 0) is 40.8 Å². The molecule has 0 radical (unpaired) electrons. The zero-order valence-electron chi connectivity index (χ0n) is 17.4. The highest BCUT2D eigenvalue weighted by molar-refractivity contribution is 6.08. The molecule has 5 heteroatoms. The molecule has 4 aromatic rings. The van der Waals surface area contributed by atoms with Crippen LogP contribution in [-0.2, 0) is 12.8 Å². The number of benzene rings is 4. The maximum absolute atomic E-state index is 13.2. The minimum Gasteiger partial charge on any atom is -0.505 e. The maximum atomic E-state index is 13.2. The zero-order chi connectivity index (χ0) is 22.1. The fourth-order valence-electron chi connectivity index (χ4n) is 4.00. The summed E-state index contributed by atoms with van der Waals surface area (Å²) in [6.45, 7) is 3.97. The molecule has 0 bridgehead atoms. The summed E-state index contributed by atoms with van der Waals surface area (Å²) in [6, 6.07) is 24.5. The van der Waals surface area contributed by atoms with Crippen LogP contribution < -0.4 is 5.32 Å². The Morgan fingerprint density at radius 2 is 1.75 bits per heavy atom. The number of aromatic hydroxyl groups is 1. The molecular formula is C27H21N3O2. The summed E-state index contributed by atoms with van der Waals surface area (Å²) >= 11 is 0. The number of allylic oxidation sites excluding steroid dienone is 1. The van der Waals surface area contributed by atoms with Crippen LogP contribution in [0, 0.1) is 0 Å². The SMILES string of the molecule is C=C1Cc2cc(CC(=O)c3cc4ccccc4c(N=Nc4ccccc4)c3O)ccc2N1. The van der Waals surface area contributed by atoms with Crippen LogP contribution in [0.5, 0.6) is 5.75 Å². The number of azo groups is 1. The highest BCUT2D eigenvalue weighted by Crippen LogP contribution is 2.40. The molecule has 4 aromatic carbocycles. The van der Waals surface area contributed by atoms with Crippen molar-refractivity contribution in [2.75, 3.05) is 5.32 Å². The fraction of sp³-hybridized carbons (Fsp3) is 0.0741. The summed E-state index contributed by atoms with van der Waals surface area (Å²) in [5, 5.41) is 24.4. The number of carbonyl (C=O) groups is 1. The van der Waals surface area contributed by atoms with Gasteiger partial charge in [0.25, 0.3) is 0 Å². The van der Waals surface area contributed by atoms with E-state index in [9.17, 15) is 9.90 Å². The van der Waals surface area contributed by atoms with Crippen LogP contribution in [0.15, 0.2) is 101 Å². The second-order valence-corrected chi connectivity index (χ2v) is 7.87. The van der Waals surface area contributed by atoms with Gasteiger partial charge in [0.2, 0.25) is 0 Å². The number of hydrogen-bond acceptors (Lipinski definition) is 5. The summed E-state index contributed by atoms with van der Waals surface area (Å²) in [5.41, 5.74) is 5.21. The van der Waals surface area contributed by atoms with E-state index in [1.807, 2.05) is 72.8 Å². The average Bonchev–Trinajstić information content (AvgIpc) is 3.18. The van der Waals surface area contributed by atoms with E-state index in [2.05, 4.69) is 22.1 Å². The van der Waals surface area contributed by atoms with E-state index < -0.39 is 0 Å². The molecule has 0 fully saturated rings. The third-order valence-electron chi connectivity index (χ3n) is 5.57. The molecule has 0 spiro atoms. The molecule has 0 aliphatic carbocycles. The second-order valence-electron chi connectivity index (χ2n) is 7.87. The largest absolute Gasteiger partial charge is 0.505 e. The van der Waals surface area contributed by atoms with Crippen LogP contribution in [0.4, 0.5) is 17.1 Å². The average molecular weight is 419 g/mol. The van der Waals surface area contributed by atoms with Gasteiger partial charge in [0, 0.05) is 29.6 Å². The van der Waals surface area contributed by atoms with Gasteiger partial charge in [0.15, 0.2) is 11.5 Å². The molecule has 5 nitrogen and oxygen atoms in total. The first kappa shape index (κ1) is 19.7. The van der Waals surface area contributed by atoms with Crippen molar-refractivity contribution in [1.29, 1.82) is 0 Å². The predicted molar refractivity (Wildman–Crippen MR) is 127 cm³/mol. The highest BCUT2D eigenvalue weighted by Gasteiger charge is 2.20. The topological polar surface area (TPSA) is 74.0 Å². The van der Waals surface area contributed by atoms with Crippen molar-refractivity contribution in [3.8, 4) is 5.75 Å². The van der Waals surface area contributed by atoms with Crippen LogP contribution in [0.2, 0.25) is 0 Å². The molecule has 0 saturated carbocycles. The highest BCUT2D eigenvalue weighted by atomic mass is 16.3. The number of carbonyl (C=O) groups excluding carboxylic acids is 1. The molecule has 0 amide bonds. The van der Waals surface area contributed by atoms with E-state index >= 15 is 0 Å². The van der Waals surface area contributed by atoms with Crippen molar-refractivity contribution in [3.63, 3.8) is 0 Å². The third kappa shape index (κ3) is 3.76. The number of phenolic OH excluding ortho intramolecular Hbond substituents is 1. The van der Waals surface area contributed by atoms with Gasteiger partial charge in [-0.2, -0.15) is 5.11 Å². The number of nitrogens with one attached hydrogen (secondary N) is 1. The quantitative estimate of drug-likeness (QED) is 0.274. The van der Waals surface area contributed by atoms with Crippen molar-refractivity contribution >= 4 is 33.6 Å². The van der Waals surface area contributed by atoms with Crippen molar-refractivity contribution in [3.05, 3.63) is 108 Å². The fourth-order valence-corrected chi connectivity index (χ4v) is 4.00. The Morgan fingerprint density at radius 3 is 2.59 bits per heavy atom. The van der Waals surface area contributed by atoms with Gasteiger partial charge in [-0.1, -0.05) is 61.2 Å². The normalized spacial score (nSPS) is 12.8. The summed E-state index contributed by atoms with van der Waals surface area (Å²) in [6.07, 6.45) is 0.934. The molecular weight excluding hydrogens is 398 g/mol. The molecule has 156 valence electrons. The van der Waals surface area contributed by atoms with Crippen molar-refractivity contribution in [2.24, 2.45) is 10.2 Å². The molecule has 1 aliphatic rings. The lowest BCUT2D eigenvalue weighted by Gasteiger charge is -2.10. The number of Topliss-reactive ketones (excluding diaryl/α,β-unsaturated/α-hetero) is 1. The molecule has 1 aliphatic heterocycles. The summed E-state index contributed by atoms with van der Waals surface area (Å²) in [5.74, 6) is -0.321. The van der Waals surface area contributed by atoms with Gasteiger partial charge >= 0.3 is 0 Å². The molecule has 0 atom stereocenters. The van der Waals surface area contributed by atoms with Crippen LogP contribution in [-0.4, -0.2) is 10.9 Å². The molecule has 5 rings (SSSR count). The Morgan fingerprint density at radius 1 is 0.969 bits per heavy atom. The second kappa shape index (κ2) is 8.12. The van der Waals surface area contributed by atoms with Crippen LogP contribution in [0.1, 0.15) is 21.5 Å². The number of hydrogen-bond donors (Lipinski definition) is 2. The first-order valence-electron chi connectivity index (χ1n) is 10.4. The monoisotopic (exact) mass is 419 g/mol. The number of phenols is 1. The minimum atomic E-state index is -0.172. The maximum Gasteiger partial charge on any atom is 0.171 e. The number of ketones is 1. The van der Waals surface area contributed by atoms with E-state index in [1.165, 1.54) is 0 Å². The zero-order valence-corrected chi connectivity index (χ0v) is 17.4. The van der Waals surface area contributed by atoms with E-state index in [0.717, 1.165) is 39.7 Å². The number of anilines is 1. The smallest absolute Gasteiger partial charge is 0.171 e. The molecule has 32 heavy (non-hydrogen) atoms. The Labute approximate surface area is 185 Å². The number of rotatable bonds is 5. The van der Waals surface area contributed by atoms with Gasteiger partial charge in [-0.25, -0.2) is 0 Å². The summed E-state index contributed by atoms with van der Waals surface area (Å²) < 4.78 is 0. The predicted octanol–water partition coefficient (Wildman–Crippen LogP) is 6.87.